The van der Waals surface area contributed by atoms with Crippen LogP contribution in [0.5, 0.6) is 0 Å². The zero-order chi connectivity index (χ0) is 19.2. The van der Waals surface area contributed by atoms with E-state index in [2.05, 4.69) is 0 Å². The van der Waals surface area contributed by atoms with Crippen LogP contribution in [-0.4, -0.2) is 30.3 Å². The molecule has 3 N–H and O–H groups in total. The van der Waals surface area contributed by atoms with Gasteiger partial charge in [0, 0.05) is 17.7 Å². The van der Waals surface area contributed by atoms with E-state index in [1.165, 1.54) is 0 Å². The topological polar surface area (TPSA) is 72.5 Å². The molecule has 0 saturated heterocycles. The molecule has 2 atom stereocenters. The average molecular weight is 376 g/mol. The van der Waals surface area contributed by atoms with Gasteiger partial charge in [-0.05, 0) is 55.5 Å². The Labute approximate surface area is 159 Å². The summed E-state index contributed by atoms with van der Waals surface area (Å²) in [6, 6.07) is 15.6. The number of rotatable bonds is 9. The molecule has 0 saturated carbocycles. The number of benzene rings is 2. The van der Waals surface area contributed by atoms with E-state index in [1.807, 2.05) is 55.5 Å². The third-order valence-corrected chi connectivity index (χ3v) is 4.70. The number of hydrogen-bond donors (Lipinski definition) is 2. The lowest BCUT2D eigenvalue weighted by atomic mass is 9.83. The molecule has 0 aromatic heterocycles. The molecule has 0 unspecified atom stereocenters. The Hall–Kier alpha value is -1.88. The Kier molecular flexibility index (Phi) is 7.21. The minimum atomic E-state index is -0.976. The molecular formula is C21H26ClNO3. The van der Waals surface area contributed by atoms with E-state index >= 15 is 0 Å². The Morgan fingerprint density at radius 1 is 1.23 bits per heavy atom. The Balaban J connectivity index is 2.02. The molecule has 5 heteroatoms. The van der Waals surface area contributed by atoms with Gasteiger partial charge in [-0.2, -0.15) is 0 Å². The van der Waals surface area contributed by atoms with E-state index in [0.29, 0.717) is 24.5 Å². The van der Waals surface area contributed by atoms with Crippen LogP contribution in [0.4, 0.5) is 0 Å². The average Bonchev–Trinajstić information content (AvgIpc) is 2.60. The van der Waals surface area contributed by atoms with Gasteiger partial charge in [-0.25, -0.2) is 0 Å². The quantitative estimate of drug-likeness (QED) is 0.681. The van der Waals surface area contributed by atoms with Crippen LogP contribution in [0.25, 0.3) is 11.1 Å². The van der Waals surface area contributed by atoms with Crippen molar-refractivity contribution in [3.63, 3.8) is 0 Å². The Morgan fingerprint density at radius 2 is 1.92 bits per heavy atom. The van der Waals surface area contributed by atoms with Crippen molar-refractivity contribution in [3.05, 3.63) is 59.1 Å². The summed E-state index contributed by atoms with van der Waals surface area (Å²) in [6.45, 7) is 4.19. The lowest BCUT2D eigenvalue weighted by Gasteiger charge is -2.27. The first kappa shape index (κ1) is 20.4. The number of carbonyl (C=O) groups is 1. The maximum Gasteiger partial charge on any atom is 0.311 e. The minimum absolute atomic E-state index is 0.167. The number of nitrogens with two attached hydrogens (primary N) is 1. The van der Waals surface area contributed by atoms with Gasteiger partial charge < -0.3 is 15.6 Å². The summed E-state index contributed by atoms with van der Waals surface area (Å²) in [5.41, 5.74) is 8.47. The van der Waals surface area contributed by atoms with E-state index in [0.717, 1.165) is 16.7 Å². The molecular weight excluding hydrogens is 350 g/mol. The first-order valence-electron chi connectivity index (χ1n) is 8.75. The zero-order valence-electron chi connectivity index (χ0n) is 15.2. The standard InChI is InChI=1S/C21H26ClNO3/c1-3-26-14-21(2,20(24)25)13-19(23)11-15-7-9-16(10-8-15)17-5-4-6-18(22)12-17/h4-10,12,19H,3,11,13-14,23H2,1-2H3,(H,24,25)/t19-,21+/m1/s1. The maximum atomic E-state index is 11.6. The number of carboxylic acids is 1. The first-order valence-corrected chi connectivity index (χ1v) is 9.13. The summed E-state index contributed by atoms with van der Waals surface area (Å²) in [7, 11) is 0. The van der Waals surface area contributed by atoms with Gasteiger partial charge in [-0.15, -0.1) is 0 Å². The molecule has 0 amide bonds. The van der Waals surface area contributed by atoms with Crippen molar-refractivity contribution in [3.8, 4) is 11.1 Å². The lowest BCUT2D eigenvalue weighted by Crippen LogP contribution is -2.40. The van der Waals surface area contributed by atoms with Gasteiger partial charge in [0.05, 0.1) is 12.0 Å². The van der Waals surface area contributed by atoms with Crippen molar-refractivity contribution < 1.29 is 14.6 Å². The number of carboxylic acid groups (broad SMARTS) is 1. The molecule has 0 heterocycles. The van der Waals surface area contributed by atoms with E-state index < -0.39 is 11.4 Å². The highest BCUT2D eigenvalue weighted by Gasteiger charge is 2.35. The van der Waals surface area contributed by atoms with Crippen molar-refractivity contribution >= 4 is 17.6 Å². The largest absolute Gasteiger partial charge is 0.481 e. The van der Waals surface area contributed by atoms with Crippen molar-refractivity contribution in [1.82, 2.24) is 0 Å². The fourth-order valence-corrected chi connectivity index (χ4v) is 3.18. The summed E-state index contributed by atoms with van der Waals surface area (Å²) in [5.74, 6) is -0.877. The van der Waals surface area contributed by atoms with Crippen LogP contribution in [0, 0.1) is 5.41 Å². The summed E-state index contributed by atoms with van der Waals surface area (Å²) < 4.78 is 5.34. The molecule has 0 radical (unpaired) electrons. The second-order valence-corrected chi connectivity index (χ2v) is 7.31. The van der Waals surface area contributed by atoms with Crippen LogP contribution >= 0.6 is 11.6 Å². The van der Waals surface area contributed by atoms with Gasteiger partial charge in [0.15, 0.2) is 0 Å². The van der Waals surface area contributed by atoms with Gasteiger partial charge >= 0.3 is 5.97 Å². The molecule has 2 aromatic carbocycles. The fourth-order valence-electron chi connectivity index (χ4n) is 2.99. The SMILES string of the molecule is CCOC[C@](C)(C[C@H](N)Cc1ccc(-c2cccc(Cl)c2)cc1)C(=O)O. The monoisotopic (exact) mass is 375 g/mol. The van der Waals surface area contributed by atoms with E-state index in [4.69, 9.17) is 22.1 Å². The van der Waals surface area contributed by atoms with Gasteiger partial charge in [0.25, 0.3) is 0 Å². The lowest BCUT2D eigenvalue weighted by molar-refractivity contribution is -0.152. The fraction of sp³-hybridized carbons (Fsp3) is 0.381. The number of halogens is 1. The van der Waals surface area contributed by atoms with Gasteiger partial charge in [-0.3, -0.25) is 4.79 Å². The second kappa shape index (κ2) is 9.17. The summed E-state index contributed by atoms with van der Waals surface area (Å²) >= 11 is 6.04. The van der Waals surface area contributed by atoms with Crippen LogP contribution in [0.15, 0.2) is 48.5 Å². The van der Waals surface area contributed by atoms with Crippen LogP contribution in [0.3, 0.4) is 0 Å². The van der Waals surface area contributed by atoms with Crippen molar-refractivity contribution in [2.24, 2.45) is 11.1 Å². The molecule has 2 aromatic rings. The van der Waals surface area contributed by atoms with E-state index in [1.54, 1.807) is 6.92 Å². The molecule has 0 spiro atoms. The van der Waals surface area contributed by atoms with Crippen molar-refractivity contribution in [1.29, 1.82) is 0 Å². The predicted molar refractivity (Wildman–Crippen MR) is 105 cm³/mol. The van der Waals surface area contributed by atoms with Gasteiger partial charge in [0.2, 0.25) is 0 Å². The number of ether oxygens (including phenoxy) is 1. The van der Waals surface area contributed by atoms with E-state index in [-0.39, 0.29) is 12.6 Å². The highest BCUT2D eigenvalue weighted by molar-refractivity contribution is 6.30. The van der Waals surface area contributed by atoms with Crippen LogP contribution in [-0.2, 0) is 16.0 Å². The van der Waals surface area contributed by atoms with Crippen molar-refractivity contribution in [2.75, 3.05) is 13.2 Å². The highest BCUT2D eigenvalue weighted by atomic mass is 35.5. The minimum Gasteiger partial charge on any atom is -0.481 e. The highest BCUT2D eigenvalue weighted by Crippen LogP contribution is 2.26. The van der Waals surface area contributed by atoms with Gasteiger partial charge in [-0.1, -0.05) is 48.0 Å². The van der Waals surface area contributed by atoms with E-state index in [9.17, 15) is 9.90 Å². The third kappa shape index (κ3) is 5.56. The first-order chi connectivity index (χ1) is 12.3. The second-order valence-electron chi connectivity index (χ2n) is 6.88. The van der Waals surface area contributed by atoms with Crippen LogP contribution in [0.1, 0.15) is 25.8 Å². The molecule has 0 aliphatic carbocycles. The number of aliphatic carboxylic acids is 1. The molecule has 0 fully saturated rings. The number of hydrogen-bond acceptors (Lipinski definition) is 3. The summed E-state index contributed by atoms with van der Waals surface area (Å²) in [5, 5.41) is 10.2. The van der Waals surface area contributed by atoms with Crippen LogP contribution in [0.2, 0.25) is 5.02 Å². The summed E-state index contributed by atoms with van der Waals surface area (Å²) in [6.07, 6.45) is 0.975. The predicted octanol–water partition coefficient (Wildman–Crippen LogP) is 4.39. The molecule has 4 nitrogen and oxygen atoms in total. The maximum absolute atomic E-state index is 11.6. The molecule has 0 aliphatic rings. The Bertz CT molecular complexity index is 732. The third-order valence-electron chi connectivity index (χ3n) is 4.46. The molecule has 0 bridgehead atoms. The molecule has 2 rings (SSSR count). The van der Waals surface area contributed by atoms with Crippen molar-refractivity contribution in [2.45, 2.75) is 32.7 Å². The zero-order valence-corrected chi connectivity index (χ0v) is 16.0. The molecule has 0 aliphatic heterocycles. The smallest absolute Gasteiger partial charge is 0.311 e. The molecule has 26 heavy (non-hydrogen) atoms. The summed E-state index contributed by atoms with van der Waals surface area (Å²) in [4.78, 5) is 11.6. The normalized spacial score (nSPS) is 14.6. The molecule has 140 valence electrons. The van der Waals surface area contributed by atoms with Crippen LogP contribution < -0.4 is 5.73 Å². The van der Waals surface area contributed by atoms with Gasteiger partial charge in [0.1, 0.15) is 0 Å². The Morgan fingerprint density at radius 3 is 2.50 bits per heavy atom.